The zero-order valence-corrected chi connectivity index (χ0v) is 17.3. The molecule has 0 unspecified atom stereocenters. The Labute approximate surface area is 163 Å². The van der Waals surface area contributed by atoms with Crippen LogP contribution in [0, 0.1) is 0 Å². The molecule has 0 aliphatic carbocycles. The molecule has 1 aliphatic rings. The summed E-state index contributed by atoms with van der Waals surface area (Å²) in [5.74, 6) is 0.542. The number of piperazine rings is 1. The van der Waals surface area contributed by atoms with E-state index in [2.05, 4.69) is 58.3 Å². The number of likely N-dealkylation sites (N-methyl/N-ethyl adjacent to an activating group) is 1. The SMILES string of the molecule is CCCCNC(N)=NCc1ccc(CN2CCN(C)CC2)cc1.I. The Morgan fingerprint density at radius 3 is 2.38 bits per heavy atom. The summed E-state index contributed by atoms with van der Waals surface area (Å²) in [6.07, 6.45) is 2.28. The minimum absolute atomic E-state index is 0. The maximum atomic E-state index is 5.86. The smallest absolute Gasteiger partial charge is 0.188 e. The molecule has 1 saturated heterocycles. The molecule has 24 heavy (non-hydrogen) atoms. The lowest BCUT2D eigenvalue weighted by Gasteiger charge is -2.32. The second-order valence-corrected chi connectivity index (χ2v) is 6.38. The van der Waals surface area contributed by atoms with Crippen LogP contribution in [0.2, 0.25) is 0 Å². The van der Waals surface area contributed by atoms with Crippen molar-refractivity contribution >= 4 is 29.9 Å². The second kappa shape index (κ2) is 11.7. The first-order valence-corrected chi connectivity index (χ1v) is 8.70. The summed E-state index contributed by atoms with van der Waals surface area (Å²) < 4.78 is 0. The first-order chi connectivity index (χ1) is 11.2. The maximum Gasteiger partial charge on any atom is 0.188 e. The molecule has 0 bridgehead atoms. The van der Waals surface area contributed by atoms with Crippen molar-refractivity contribution in [2.75, 3.05) is 39.8 Å². The lowest BCUT2D eigenvalue weighted by molar-refractivity contribution is 0.148. The maximum absolute atomic E-state index is 5.86. The van der Waals surface area contributed by atoms with Crippen LogP contribution < -0.4 is 11.1 Å². The van der Waals surface area contributed by atoms with Gasteiger partial charge in [0.15, 0.2) is 5.96 Å². The lowest BCUT2D eigenvalue weighted by atomic mass is 10.1. The highest BCUT2D eigenvalue weighted by Crippen LogP contribution is 2.10. The third kappa shape index (κ3) is 7.81. The number of unbranched alkanes of at least 4 members (excludes halogenated alkanes) is 1. The molecule has 5 nitrogen and oxygen atoms in total. The summed E-state index contributed by atoms with van der Waals surface area (Å²) >= 11 is 0. The number of nitrogens with two attached hydrogens (primary N) is 1. The fourth-order valence-electron chi connectivity index (χ4n) is 2.64. The van der Waals surface area contributed by atoms with Gasteiger partial charge in [0.1, 0.15) is 0 Å². The molecular weight excluding hydrogens is 413 g/mol. The molecule has 1 fully saturated rings. The highest BCUT2D eigenvalue weighted by molar-refractivity contribution is 14.0. The molecule has 0 amide bonds. The van der Waals surface area contributed by atoms with Crippen LogP contribution in [0.15, 0.2) is 29.3 Å². The fraction of sp³-hybridized carbons (Fsp3) is 0.611. The van der Waals surface area contributed by atoms with Gasteiger partial charge in [0.05, 0.1) is 6.54 Å². The fourth-order valence-corrected chi connectivity index (χ4v) is 2.64. The molecule has 0 spiro atoms. The quantitative estimate of drug-likeness (QED) is 0.293. The van der Waals surface area contributed by atoms with Crippen molar-refractivity contribution in [3.8, 4) is 0 Å². The molecule has 1 aromatic carbocycles. The van der Waals surface area contributed by atoms with Crippen molar-refractivity contribution in [1.82, 2.24) is 15.1 Å². The van der Waals surface area contributed by atoms with E-state index in [-0.39, 0.29) is 24.0 Å². The van der Waals surface area contributed by atoms with Crippen LogP contribution in [0.5, 0.6) is 0 Å². The average Bonchev–Trinajstić information content (AvgIpc) is 2.57. The molecule has 136 valence electrons. The van der Waals surface area contributed by atoms with Gasteiger partial charge in [0.25, 0.3) is 0 Å². The molecule has 6 heteroatoms. The Hall–Kier alpha value is -0.860. The summed E-state index contributed by atoms with van der Waals surface area (Å²) in [4.78, 5) is 9.29. The molecule has 1 heterocycles. The van der Waals surface area contributed by atoms with Crippen LogP contribution >= 0.6 is 24.0 Å². The van der Waals surface area contributed by atoms with Crippen LogP contribution in [-0.2, 0) is 13.1 Å². The highest BCUT2D eigenvalue weighted by Gasteiger charge is 2.13. The van der Waals surface area contributed by atoms with Gasteiger partial charge in [-0.15, -0.1) is 24.0 Å². The minimum Gasteiger partial charge on any atom is -0.370 e. The molecule has 3 N–H and O–H groups in total. The van der Waals surface area contributed by atoms with Crippen molar-refractivity contribution < 1.29 is 0 Å². The molecule has 1 aliphatic heterocycles. The number of nitrogens with zero attached hydrogens (tertiary/aromatic N) is 3. The van der Waals surface area contributed by atoms with E-state index < -0.39 is 0 Å². The number of hydrogen-bond donors (Lipinski definition) is 2. The van der Waals surface area contributed by atoms with E-state index in [1.807, 2.05) is 0 Å². The Morgan fingerprint density at radius 2 is 1.75 bits per heavy atom. The predicted octanol–water partition coefficient (Wildman–Crippen LogP) is 2.26. The molecule has 0 atom stereocenters. The topological polar surface area (TPSA) is 56.9 Å². The zero-order valence-electron chi connectivity index (χ0n) is 15.0. The Morgan fingerprint density at radius 1 is 1.12 bits per heavy atom. The first kappa shape index (κ1) is 21.2. The third-order valence-electron chi connectivity index (χ3n) is 4.29. The largest absolute Gasteiger partial charge is 0.370 e. The Balaban J connectivity index is 0.00000288. The molecule has 0 saturated carbocycles. The monoisotopic (exact) mass is 445 g/mol. The number of aliphatic imine (C=N–C) groups is 1. The van der Waals surface area contributed by atoms with E-state index in [4.69, 9.17) is 5.73 Å². The van der Waals surface area contributed by atoms with Crippen LogP contribution in [0.3, 0.4) is 0 Å². The van der Waals surface area contributed by atoms with Crippen LogP contribution in [0.1, 0.15) is 30.9 Å². The summed E-state index contributed by atoms with van der Waals surface area (Å²) in [5, 5.41) is 3.14. The predicted molar refractivity (Wildman–Crippen MR) is 113 cm³/mol. The summed E-state index contributed by atoms with van der Waals surface area (Å²) in [6, 6.07) is 8.75. The summed E-state index contributed by atoms with van der Waals surface area (Å²) in [7, 11) is 2.19. The van der Waals surface area contributed by atoms with Crippen molar-refractivity contribution in [2.24, 2.45) is 10.7 Å². The summed E-state index contributed by atoms with van der Waals surface area (Å²) in [5.41, 5.74) is 8.43. The minimum atomic E-state index is 0. The average molecular weight is 445 g/mol. The summed E-state index contributed by atoms with van der Waals surface area (Å²) in [6.45, 7) is 9.38. The van der Waals surface area contributed by atoms with Crippen molar-refractivity contribution in [2.45, 2.75) is 32.9 Å². The molecule has 0 radical (unpaired) electrons. The second-order valence-electron chi connectivity index (χ2n) is 6.38. The van der Waals surface area contributed by atoms with E-state index in [0.717, 1.165) is 52.1 Å². The van der Waals surface area contributed by atoms with Gasteiger partial charge in [-0.2, -0.15) is 0 Å². The van der Waals surface area contributed by atoms with Gasteiger partial charge in [0, 0.05) is 39.3 Å². The normalized spacial score (nSPS) is 16.7. The Bertz CT molecular complexity index is 481. The standard InChI is InChI=1S/C18H31N5.HI/c1-3-4-9-20-18(19)21-14-16-5-7-17(8-6-16)15-23-12-10-22(2)11-13-23;/h5-8H,3-4,9-15H2,1-2H3,(H3,19,20,21);1H. The lowest BCUT2D eigenvalue weighted by Crippen LogP contribution is -2.43. The van der Waals surface area contributed by atoms with Gasteiger partial charge in [-0.1, -0.05) is 37.6 Å². The van der Waals surface area contributed by atoms with Gasteiger partial charge in [-0.05, 0) is 24.6 Å². The van der Waals surface area contributed by atoms with Crippen molar-refractivity contribution in [3.63, 3.8) is 0 Å². The zero-order chi connectivity index (χ0) is 16.5. The van der Waals surface area contributed by atoms with E-state index in [0.29, 0.717) is 12.5 Å². The van der Waals surface area contributed by atoms with Gasteiger partial charge < -0.3 is 16.0 Å². The van der Waals surface area contributed by atoms with Crippen LogP contribution in [-0.4, -0.2) is 55.5 Å². The first-order valence-electron chi connectivity index (χ1n) is 8.70. The van der Waals surface area contributed by atoms with Crippen LogP contribution in [0.4, 0.5) is 0 Å². The van der Waals surface area contributed by atoms with E-state index in [1.54, 1.807) is 0 Å². The number of rotatable bonds is 7. The van der Waals surface area contributed by atoms with Crippen LogP contribution in [0.25, 0.3) is 0 Å². The van der Waals surface area contributed by atoms with E-state index >= 15 is 0 Å². The van der Waals surface area contributed by atoms with Gasteiger partial charge >= 0.3 is 0 Å². The van der Waals surface area contributed by atoms with Crippen molar-refractivity contribution in [1.29, 1.82) is 0 Å². The van der Waals surface area contributed by atoms with E-state index in [9.17, 15) is 0 Å². The number of guanidine groups is 1. The molecule has 1 aromatic rings. The highest BCUT2D eigenvalue weighted by atomic mass is 127. The number of halogens is 1. The van der Waals surface area contributed by atoms with Gasteiger partial charge in [-0.25, -0.2) is 4.99 Å². The Kier molecular flexibility index (Phi) is 10.3. The van der Waals surface area contributed by atoms with Crippen molar-refractivity contribution in [3.05, 3.63) is 35.4 Å². The van der Waals surface area contributed by atoms with E-state index in [1.165, 1.54) is 11.1 Å². The molecule has 2 rings (SSSR count). The third-order valence-corrected chi connectivity index (χ3v) is 4.29. The van der Waals surface area contributed by atoms with Gasteiger partial charge in [-0.3, -0.25) is 4.90 Å². The number of benzene rings is 1. The molecular formula is C18H32IN5. The number of hydrogen-bond acceptors (Lipinski definition) is 3. The molecule has 0 aromatic heterocycles. The number of nitrogens with one attached hydrogen (secondary N) is 1. The van der Waals surface area contributed by atoms with Gasteiger partial charge in [0.2, 0.25) is 0 Å².